The second-order valence-electron chi connectivity index (χ2n) is 5.94. The number of hydrogen-bond donors (Lipinski definition) is 3. The molecule has 0 aliphatic rings. The van der Waals surface area contributed by atoms with E-state index in [0.29, 0.717) is 38.4 Å². The van der Waals surface area contributed by atoms with E-state index in [9.17, 15) is 19.8 Å². The fraction of sp³-hybridized carbons (Fsp3) is 0.100. The Morgan fingerprint density at radius 1 is 1.04 bits per heavy atom. The Bertz CT molecular complexity index is 1130. The molecule has 8 heteroatoms. The van der Waals surface area contributed by atoms with Crippen LogP contribution >= 0.6 is 11.6 Å². The van der Waals surface area contributed by atoms with Gasteiger partial charge in [0.25, 0.3) is 5.91 Å². The zero-order valence-electron chi connectivity index (χ0n) is 14.9. The quantitative estimate of drug-likeness (QED) is 0.600. The molecule has 4 N–H and O–H groups in total. The molecule has 7 nitrogen and oxygen atoms in total. The van der Waals surface area contributed by atoms with Crippen molar-refractivity contribution in [2.75, 3.05) is 14.2 Å². The Labute approximate surface area is 164 Å². The van der Waals surface area contributed by atoms with Crippen LogP contribution in [0.25, 0.3) is 21.9 Å². The average Bonchev–Trinajstić information content (AvgIpc) is 2.66. The van der Waals surface area contributed by atoms with E-state index >= 15 is 0 Å². The molecule has 0 heterocycles. The first-order valence-electron chi connectivity index (χ1n) is 8.03. The van der Waals surface area contributed by atoms with Crippen LogP contribution in [0.3, 0.4) is 0 Å². The van der Waals surface area contributed by atoms with E-state index in [2.05, 4.69) is 0 Å². The monoisotopic (exact) mass is 401 g/mol. The predicted octanol–water partition coefficient (Wildman–Crippen LogP) is 3.68. The van der Waals surface area contributed by atoms with Crippen molar-refractivity contribution in [2.45, 2.75) is 0 Å². The summed E-state index contributed by atoms with van der Waals surface area (Å²) in [6, 6.07) is 9.50. The van der Waals surface area contributed by atoms with Crippen LogP contribution in [-0.4, -0.2) is 36.3 Å². The summed E-state index contributed by atoms with van der Waals surface area (Å²) >= 11 is 6.23. The van der Waals surface area contributed by atoms with Crippen LogP contribution in [-0.2, 0) is 0 Å². The molecule has 0 aliphatic heterocycles. The predicted molar refractivity (Wildman–Crippen MR) is 105 cm³/mol. The Morgan fingerprint density at radius 2 is 1.71 bits per heavy atom. The molecule has 0 saturated heterocycles. The number of fused-ring (bicyclic) bond motifs is 1. The van der Waals surface area contributed by atoms with Crippen LogP contribution in [0, 0.1) is 0 Å². The van der Waals surface area contributed by atoms with E-state index < -0.39 is 23.2 Å². The second kappa shape index (κ2) is 7.28. The van der Waals surface area contributed by atoms with Gasteiger partial charge in [-0.15, -0.1) is 0 Å². The molecule has 0 spiro atoms. The number of phenols is 1. The van der Waals surface area contributed by atoms with Crippen LogP contribution in [0.4, 0.5) is 0 Å². The summed E-state index contributed by atoms with van der Waals surface area (Å²) in [5, 5.41) is 20.6. The smallest absolute Gasteiger partial charge is 0.339 e. The van der Waals surface area contributed by atoms with Crippen LogP contribution in [0.1, 0.15) is 20.7 Å². The normalized spacial score (nSPS) is 10.7. The average molecular weight is 402 g/mol. The molecule has 3 aromatic rings. The molecule has 0 radical (unpaired) electrons. The van der Waals surface area contributed by atoms with Crippen molar-refractivity contribution in [3.63, 3.8) is 0 Å². The number of aromatic hydroxyl groups is 1. The number of carboxylic acid groups (broad SMARTS) is 1. The lowest BCUT2D eigenvalue weighted by molar-refractivity contribution is 0.0694. The Balaban J connectivity index is 2.32. The van der Waals surface area contributed by atoms with Gasteiger partial charge in [0, 0.05) is 11.6 Å². The van der Waals surface area contributed by atoms with Crippen LogP contribution in [0.2, 0.25) is 5.02 Å². The number of methoxy groups -OCH3 is 2. The van der Waals surface area contributed by atoms with Crippen LogP contribution in [0.15, 0.2) is 36.4 Å². The number of primary amides is 1. The lowest BCUT2D eigenvalue weighted by atomic mass is 9.94. The highest BCUT2D eigenvalue weighted by Crippen LogP contribution is 2.40. The van der Waals surface area contributed by atoms with Crippen molar-refractivity contribution in [1.82, 2.24) is 0 Å². The minimum atomic E-state index is -1.38. The summed E-state index contributed by atoms with van der Waals surface area (Å²) in [4.78, 5) is 23.2. The number of carboxylic acids is 1. The Kier molecular flexibility index (Phi) is 5.02. The van der Waals surface area contributed by atoms with E-state index in [1.807, 2.05) is 0 Å². The highest BCUT2D eigenvalue weighted by atomic mass is 35.5. The molecule has 3 aromatic carbocycles. The summed E-state index contributed by atoms with van der Waals surface area (Å²) in [5.74, 6) is -2.03. The number of benzene rings is 3. The van der Waals surface area contributed by atoms with Gasteiger partial charge < -0.3 is 25.4 Å². The van der Waals surface area contributed by atoms with Gasteiger partial charge in [0.1, 0.15) is 22.8 Å². The number of carbonyl (C=O) groups is 2. The van der Waals surface area contributed by atoms with Gasteiger partial charge in [0.05, 0.1) is 24.8 Å². The largest absolute Gasteiger partial charge is 0.506 e. The second-order valence-corrected chi connectivity index (χ2v) is 6.35. The van der Waals surface area contributed by atoms with Crippen molar-refractivity contribution >= 4 is 34.2 Å². The van der Waals surface area contributed by atoms with Gasteiger partial charge in [-0.05, 0) is 34.5 Å². The highest BCUT2D eigenvalue weighted by molar-refractivity contribution is 6.32. The van der Waals surface area contributed by atoms with Gasteiger partial charge >= 0.3 is 5.97 Å². The molecular formula is C20H16ClNO6. The maximum absolute atomic E-state index is 11.8. The molecule has 0 saturated carbocycles. The molecule has 0 unspecified atom stereocenters. The topological polar surface area (TPSA) is 119 Å². The first-order valence-corrected chi connectivity index (χ1v) is 8.41. The molecular weight excluding hydrogens is 386 g/mol. The van der Waals surface area contributed by atoms with E-state index in [0.717, 1.165) is 0 Å². The standard InChI is InChI=1S/C20H16ClNO6/c1-27-15-8-16(28-2)14(21)7-12(15)9-3-4-11-10(5-9)6-13(20(25)26)18(23)17(11)19(22)24/h3-8,23H,1-2H3,(H2,22,24)(H,25,26). The zero-order chi connectivity index (χ0) is 20.6. The first-order chi connectivity index (χ1) is 13.3. The summed E-state index contributed by atoms with van der Waals surface area (Å²) in [5.41, 5.74) is 5.98. The summed E-state index contributed by atoms with van der Waals surface area (Å²) in [6.07, 6.45) is 0. The lowest BCUT2D eigenvalue weighted by Gasteiger charge is -2.14. The van der Waals surface area contributed by atoms with E-state index in [1.165, 1.54) is 20.3 Å². The third kappa shape index (κ3) is 3.16. The summed E-state index contributed by atoms with van der Waals surface area (Å²) in [7, 11) is 2.99. The number of aromatic carboxylic acids is 1. The minimum Gasteiger partial charge on any atom is -0.506 e. The van der Waals surface area contributed by atoms with Gasteiger partial charge in [-0.3, -0.25) is 4.79 Å². The van der Waals surface area contributed by atoms with E-state index in [-0.39, 0.29) is 5.56 Å². The van der Waals surface area contributed by atoms with E-state index in [4.69, 9.17) is 26.8 Å². The Hall–Kier alpha value is -3.45. The van der Waals surface area contributed by atoms with Gasteiger partial charge in [0.15, 0.2) is 0 Å². The number of hydrogen-bond acceptors (Lipinski definition) is 5. The lowest BCUT2D eigenvalue weighted by Crippen LogP contribution is -2.13. The minimum absolute atomic E-state index is 0.249. The van der Waals surface area contributed by atoms with E-state index in [1.54, 1.807) is 30.3 Å². The third-order valence-corrected chi connectivity index (χ3v) is 4.67. The van der Waals surface area contributed by atoms with Gasteiger partial charge in [-0.2, -0.15) is 0 Å². The van der Waals surface area contributed by atoms with Crippen molar-refractivity contribution in [3.8, 4) is 28.4 Å². The summed E-state index contributed by atoms with van der Waals surface area (Å²) in [6.45, 7) is 0. The number of carbonyl (C=O) groups excluding carboxylic acids is 1. The maximum atomic E-state index is 11.8. The molecule has 0 fully saturated rings. The molecule has 0 atom stereocenters. The van der Waals surface area contributed by atoms with Gasteiger partial charge in [-0.25, -0.2) is 4.79 Å². The van der Waals surface area contributed by atoms with Crippen molar-refractivity contribution in [2.24, 2.45) is 5.73 Å². The number of rotatable bonds is 5. The maximum Gasteiger partial charge on any atom is 0.339 e. The van der Waals surface area contributed by atoms with Gasteiger partial charge in [0.2, 0.25) is 0 Å². The van der Waals surface area contributed by atoms with Crippen LogP contribution in [0.5, 0.6) is 17.2 Å². The van der Waals surface area contributed by atoms with Crippen molar-refractivity contribution in [3.05, 3.63) is 52.5 Å². The first kappa shape index (κ1) is 19.3. The zero-order valence-corrected chi connectivity index (χ0v) is 15.7. The summed E-state index contributed by atoms with van der Waals surface area (Å²) < 4.78 is 10.6. The SMILES string of the molecule is COc1cc(OC)c(-c2ccc3c(C(N)=O)c(O)c(C(=O)O)cc3c2)cc1Cl. The molecule has 28 heavy (non-hydrogen) atoms. The number of halogens is 1. The van der Waals surface area contributed by atoms with Gasteiger partial charge in [-0.1, -0.05) is 23.7 Å². The molecule has 3 rings (SSSR count). The highest BCUT2D eigenvalue weighted by Gasteiger charge is 2.21. The third-order valence-electron chi connectivity index (χ3n) is 4.37. The molecule has 0 aromatic heterocycles. The van der Waals surface area contributed by atoms with Crippen LogP contribution < -0.4 is 15.2 Å². The number of nitrogens with two attached hydrogens (primary N) is 1. The fourth-order valence-corrected chi connectivity index (χ4v) is 3.30. The van der Waals surface area contributed by atoms with Crippen molar-refractivity contribution in [1.29, 1.82) is 0 Å². The molecule has 0 bridgehead atoms. The van der Waals surface area contributed by atoms with Crippen molar-refractivity contribution < 1.29 is 29.3 Å². The molecule has 1 amide bonds. The molecule has 144 valence electrons. The number of ether oxygens (including phenoxy) is 2. The molecule has 0 aliphatic carbocycles. The Morgan fingerprint density at radius 3 is 2.29 bits per heavy atom. The fourth-order valence-electron chi connectivity index (χ4n) is 3.06. The number of amides is 1.